The zero-order valence-electron chi connectivity index (χ0n) is 32.4. The number of carbonyl (C=O) groups excluding carboxylic acids is 9. The minimum absolute atomic E-state index is 0.0131. The van der Waals surface area contributed by atoms with E-state index in [1.807, 2.05) is 0 Å². The molecule has 5 atom stereocenters. The van der Waals surface area contributed by atoms with Crippen LogP contribution in [0.3, 0.4) is 0 Å². The molecule has 1 aliphatic rings. The van der Waals surface area contributed by atoms with E-state index in [4.69, 9.17) is 11.5 Å². The first-order chi connectivity index (χ1) is 27.7. The third-order valence-corrected chi connectivity index (χ3v) is 9.00. The highest BCUT2D eigenvalue weighted by Gasteiger charge is 2.32. The van der Waals surface area contributed by atoms with Crippen molar-refractivity contribution in [2.24, 2.45) is 11.5 Å². The molecule has 2 aromatic rings. The number of nitrogens with one attached hydrogen (secondary N) is 9. The number of nitrogens with zero attached hydrogens (tertiary/aromatic N) is 1. The van der Waals surface area contributed by atoms with Gasteiger partial charge in [0.15, 0.2) is 0 Å². The molecule has 3 rings (SSSR count). The van der Waals surface area contributed by atoms with Gasteiger partial charge in [0.25, 0.3) is 0 Å². The SMILES string of the molecule is CC(=O)N[C@@H](CCCCN)C(=O)NC1CCCNC(=O)CCC(C(N)=O)NC(=O)CNC(=O)CNC(=O)C(Cc2ccccc2)NC(=O)[C@H](Cc2cnc[nH]2)NC1=O. The summed E-state index contributed by atoms with van der Waals surface area (Å²) in [5, 5.41) is 20.4. The average Bonchev–Trinajstić information content (AvgIpc) is 3.71. The van der Waals surface area contributed by atoms with Crippen molar-refractivity contribution < 1.29 is 43.2 Å². The third-order valence-electron chi connectivity index (χ3n) is 9.00. The fourth-order valence-corrected chi connectivity index (χ4v) is 5.94. The molecular formula is C37H54N12O9. The Morgan fingerprint density at radius 2 is 1.53 bits per heavy atom. The number of amides is 9. The molecule has 13 N–H and O–H groups in total. The van der Waals surface area contributed by atoms with Crippen molar-refractivity contribution in [3.63, 3.8) is 0 Å². The maximum atomic E-state index is 14.1. The summed E-state index contributed by atoms with van der Waals surface area (Å²) in [5.41, 5.74) is 12.2. The number of unbranched alkanes of at least 4 members (excludes halogenated alkanes) is 1. The molecule has 1 aromatic heterocycles. The zero-order valence-corrected chi connectivity index (χ0v) is 32.4. The molecule has 1 fully saturated rings. The Morgan fingerprint density at radius 1 is 0.828 bits per heavy atom. The number of H-pyrrole nitrogens is 1. The van der Waals surface area contributed by atoms with Gasteiger partial charge in [-0.1, -0.05) is 30.3 Å². The molecule has 21 heteroatoms. The van der Waals surface area contributed by atoms with Crippen LogP contribution in [-0.2, 0) is 56.0 Å². The van der Waals surface area contributed by atoms with Gasteiger partial charge < -0.3 is 59.0 Å². The van der Waals surface area contributed by atoms with E-state index in [0.717, 1.165) is 0 Å². The lowest BCUT2D eigenvalue weighted by molar-refractivity contribution is -0.134. The summed E-state index contributed by atoms with van der Waals surface area (Å²) in [6, 6.07) is 2.63. The molecule has 3 unspecified atom stereocenters. The van der Waals surface area contributed by atoms with Crippen LogP contribution in [0, 0.1) is 0 Å². The standard InChI is InChI=1S/C37H54N12O9/c1-22(50)45-26(10-5-6-14-38)35(56)47-27-11-7-15-41-30(51)13-12-25(33(39)54)46-32(53)20-42-31(52)19-43-34(55)28(16-23-8-3-2-4-9-23)48-37(58)29(49-36(27)57)17-24-18-40-21-44-24/h2-4,8-9,18,21,25-29H,5-7,10-17,19-20,38H2,1H3,(H2,39,54)(H,40,44)(H,41,51)(H,42,52)(H,43,55)(H,45,50)(H,46,53)(H,47,56)(H,48,58)(H,49,57)/t25?,26-,27?,28?,29-/m0/s1. The van der Waals surface area contributed by atoms with E-state index in [1.54, 1.807) is 30.3 Å². The van der Waals surface area contributed by atoms with E-state index in [1.165, 1.54) is 19.4 Å². The number of imidazole rings is 1. The summed E-state index contributed by atoms with van der Waals surface area (Å²) in [4.78, 5) is 124. The van der Waals surface area contributed by atoms with E-state index in [2.05, 4.69) is 52.5 Å². The van der Waals surface area contributed by atoms with Crippen LogP contribution in [0.1, 0.15) is 63.1 Å². The van der Waals surface area contributed by atoms with Gasteiger partial charge >= 0.3 is 0 Å². The highest BCUT2D eigenvalue weighted by molar-refractivity contribution is 5.96. The molecule has 316 valence electrons. The number of carbonyl (C=O) groups is 9. The quantitative estimate of drug-likeness (QED) is 0.0923. The van der Waals surface area contributed by atoms with E-state index < -0.39 is 96.5 Å². The molecule has 1 aliphatic heterocycles. The van der Waals surface area contributed by atoms with Crippen LogP contribution in [0.25, 0.3) is 0 Å². The first-order valence-electron chi connectivity index (χ1n) is 19.0. The fraction of sp³-hybridized carbons (Fsp3) is 0.514. The summed E-state index contributed by atoms with van der Waals surface area (Å²) >= 11 is 0. The zero-order chi connectivity index (χ0) is 42.5. The van der Waals surface area contributed by atoms with Crippen LogP contribution in [0.4, 0.5) is 0 Å². The van der Waals surface area contributed by atoms with Crippen molar-refractivity contribution in [1.82, 2.24) is 52.5 Å². The number of hydrogen-bond donors (Lipinski definition) is 11. The minimum Gasteiger partial charge on any atom is -0.368 e. The monoisotopic (exact) mass is 810 g/mol. The van der Waals surface area contributed by atoms with Crippen molar-refractivity contribution in [1.29, 1.82) is 0 Å². The van der Waals surface area contributed by atoms with Crippen molar-refractivity contribution in [3.05, 3.63) is 54.1 Å². The highest BCUT2D eigenvalue weighted by Crippen LogP contribution is 2.09. The van der Waals surface area contributed by atoms with Crippen LogP contribution < -0.4 is 54.0 Å². The summed E-state index contributed by atoms with van der Waals surface area (Å²) in [7, 11) is 0. The van der Waals surface area contributed by atoms with Gasteiger partial charge in [-0.2, -0.15) is 0 Å². The number of benzene rings is 1. The second-order valence-electron chi connectivity index (χ2n) is 13.7. The summed E-state index contributed by atoms with van der Waals surface area (Å²) in [6.45, 7) is 0.487. The number of hydrogen-bond acceptors (Lipinski definition) is 11. The predicted molar refractivity (Wildman–Crippen MR) is 207 cm³/mol. The molecule has 58 heavy (non-hydrogen) atoms. The van der Waals surface area contributed by atoms with Crippen molar-refractivity contribution in [2.75, 3.05) is 26.2 Å². The van der Waals surface area contributed by atoms with Gasteiger partial charge in [-0.25, -0.2) is 4.98 Å². The summed E-state index contributed by atoms with van der Waals surface area (Å²) in [5.74, 6) is -6.39. The molecular weight excluding hydrogens is 756 g/mol. The molecule has 0 radical (unpaired) electrons. The molecule has 1 saturated heterocycles. The lowest BCUT2D eigenvalue weighted by Crippen LogP contribution is -2.59. The summed E-state index contributed by atoms with van der Waals surface area (Å²) in [6.07, 6.45) is 3.76. The fourth-order valence-electron chi connectivity index (χ4n) is 5.94. The third kappa shape index (κ3) is 16.8. The minimum atomic E-state index is -1.32. The lowest BCUT2D eigenvalue weighted by atomic mass is 10.0. The van der Waals surface area contributed by atoms with Crippen LogP contribution in [0.2, 0.25) is 0 Å². The normalized spacial score (nSPS) is 21.4. The Kier molecular flexibility index (Phi) is 19.3. The Labute approximate surface area is 335 Å². The molecule has 9 amide bonds. The maximum Gasteiger partial charge on any atom is 0.243 e. The topological polar surface area (TPSA) is 331 Å². The molecule has 0 spiro atoms. The number of aromatic amines is 1. The van der Waals surface area contributed by atoms with Gasteiger partial charge in [0, 0.05) is 44.6 Å². The first-order valence-corrected chi connectivity index (χ1v) is 19.0. The second kappa shape index (κ2) is 24.3. The highest BCUT2D eigenvalue weighted by atomic mass is 16.2. The van der Waals surface area contributed by atoms with E-state index in [9.17, 15) is 43.2 Å². The van der Waals surface area contributed by atoms with Crippen LogP contribution >= 0.6 is 0 Å². The Bertz CT molecular complexity index is 1720. The number of aromatic nitrogens is 2. The largest absolute Gasteiger partial charge is 0.368 e. The lowest BCUT2D eigenvalue weighted by Gasteiger charge is -2.26. The van der Waals surface area contributed by atoms with Gasteiger partial charge in [-0.3, -0.25) is 43.2 Å². The Balaban J connectivity index is 1.95. The summed E-state index contributed by atoms with van der Waals surface area (Å²) < 4.78 is 0. The smallest absolute Gasteiger partial charge is 0.243 e. The van der Waals surface area contributed by atoms with E-state index in [0.29, 0.717) is 30.6 Å². The first kappa shape index (κ1) is 46.0. The van der Waals surface area contributed by atoms with Crippen LogP contribution in [-0.4, -0.2) is 120 Å². The average molecular weight is 811 g/mol. The molecule has 0 bridgehead atoms. The van der Waals surface area contributed by atoms with Gasteiger partial charge in [-0.15, -0.1) is 0 Å². The van der Waals surface area contributed by atoms with Crippen molar-refractivity contribution in [2.45, 2.75) is 94.9 Å². The van der Waals surface area contributed by atoms with Crippen LogP contribution in [0.15, 0.2) is 42.9 Å². The predicted octanol–water partition coefficient (Wildman–Crippen LogP) is -3.82. The van der Waals surface area contributed by atoms with E-state index >= 15 is 0 Å². The Hall–Kier alpha value is -6.38. The molecule has 21 nitrogen and oxygen atoms in total. The van der Waals surface area contributed by atoms with Gasteiger partial charge in [0.1, 0.15) is 30.2 Å². The van der Waals surface area contributed by atoms with Gasteiger partial charge in [-0.05, 0) is 50.6 Å². The van der Waals surface area contributed by atoms with Gasteiger partial charge in [0.2, 0.25) is 53.2 Å². The van der Waals surface area contributed by atoms with Crippen molar-refractivity contribution in [3.8, 4) is 0 Å². The Morgan fingerprint density at radius 3 is 2.21 bits per heavy atom. The molecule has 0 aliphatic carbocycles. The molecule has 0 saturated carbocycles. The maximum absolute atomic E-state index is 14.1. The number of primary amides is 1. The number of rotatable bonds is 12. The molecule has 1 aromatic carbocycles. The number of nitrogens with two attached hydrogens (primary N) is 2. The van der Waals surface area contributed by atoms with Crippen LogP contribution in [0.5, 0.6) is 0 Å². The van der Waals surface area contributed by atoms with E-state index in [-0.39, 0.29) is 51.5 Å². The molecule has 2 heterocycles. The van der Waals surface area contributed by atoms with Crippen molar-refractivity contribution >= 4 is 53.2 Å². The van der Waals surface area contributed by atoms with Gasteiger partial charge in [0.05, 0.1) is 19.4 Å². The second-order valence-corrected chi connectivity index (χ2v) is 13.7.